The van der Waals surface area contributed by atoms with E-state index in [4.69, 9.17) is 5.11 Å². The highest BCUT2D eigenvalue weighted by atomic mass is 16.4. The molecule has 0 aromatic heterocycles. The summed E-state index contributed by atoms with van der Waals surface area (Å²) in [4.78, 5) is 37.8. The molecular weight excluding hydrogens is 346 g/mol. The molecule has 1 saturated carbocycles. The average Bonchev–Trinajstić information content (AvgIpc) is 2.69. The Labute approximate surface area is 159 Å². The van der Waals surface area contributed by atoms with Crippen molar-refractivity contribution in [2.75, 3.05) is 6.54 Å². The van der Waals surface area contributed by atoms with E-state index < -0.39 is 12.0 Å². The van der Waals surface area contributed by atoms with Crippen molar-refractivity contribution in [1.29, 1.82) is 0 Å². The molecule has 1 unspecified atom stereocenters. The number of carboxylic acids is 1. The minimum absolute atomic E-state index is 0.0362. The van der Waals surface area contributed by atoms with Gasteiger partial charge in [-0.3, -0.25) is 4.79 Å². The van der Waals surface area contributed by atoms with Crippen LogP contribution in [0.1, 0.15) is 60.9 Å². The minimum Gasteiger partial charge on any atom is -0.478 e. The van der Waals surface area contributed by atoms with Crippen LogP contribution in [-0.4, -0.2) is 46.5 Å². The molecule has 0 spiro atoms. The monoisotopic (exact) mass is 373 g/mol. The average molecular weight is 373 g/mol. The summed E-state index contributed by atoms with van der Waals surface area (Å²) in [5.41, 5.74) is 1.01. The molecule has 7 heteroatoms. The van der Waals surface area contributed by atoms with Crippen molar-refractivity contribution in [2.45, 2.75) is 63.6 Å². The largest absolute Gasteiger partial charge is 0.478 e. The molecule has 0 bridgehead atoms. The van der Waals surface area contributed by atoms with Crippen LogP contribution in [0.5, 0.6) is 0 Å². The Kier molecular flexibility index (Phi) is 6.32. The zero-order chi connectivity index (χ0) is 19.2. The number of likely N-dealkylation sites (tertiary alicyclic amines) is 1. The number of nitrogens with one attached hydrogen (secondary N) is 2. The predicted molar refractivity (Wildman–Crippen MR) is 100 cm³/mol. The topological polar surface area (TPSA) is 98.7 Å². The van der Waals surface area contributed by atoms with Crippen LogP contribution in [0.25, 0.3) is 0 Å². The van der Waals surface area contributed by atoms with Gasteiger partial charge in [0, 0.05) is 19.1 Å². The van der Waals surface area contributed by atoms with Gasteiger partial charge in [-0.2, -0.15) is 0 Å². The van der Waals surface area contributed by atoms with Gasteiger partial charge in [-0.25, -0.2) is 9.59 Å². The third-order valence-corrected chi connectivity index (χ3v) is 5.45. The molecular formula is C20H27N3O4. The van der Waals surface area contributed by atoms with Crippen LogP contribution < -0.4 is 10.6 Å². The molecule has 2 fully saturated rings. The van der Waals surface area contributed by atoms with Crippen molar-refractivity contribution >= 4 is 17.9 Å². The molecule has 7 nitrogen and oxygen atoms in total. The standard InChI is InChI=1S/C20H27N3O4/c24-18-17(7-4-12-23(18)16-5-2-1-3-6-16)22-20(27)21-13-14-8-10-15(11-9-14)19(25)26/h8-11,16-17H,1-7,12-13H2,(H,25,26)(H2,21,22,27). The summed E-state index contributed by atoms with van der Waals surface area (Å²) in [6, 6.07) is 5.83. The second-order valence-corrected chi connectivity index (χ2v) is 7.35. The zero-order valence-electron chi connectivity index (χ0n) is 15.4. The summed E-state index contributed by atoms with van der Waals surface area (Å²) in [5.74, 6) is -0.945. The van der Waals surface area contributed by atoms with Crippen molar-refractivity contribution in [3.05, 3.63) is 35.4 Å². The van der Waals surface area contributed by atoms with E-state index in [0.29, 0.717) is 12.5 Å². The molecule has 3 rings (SSSR count). The molecule has 1 heterocycles. The fraction of sp³-hybridized carbons (Fsp3) is 0.550. The molecule has 1 atom stereocenters. The number of carbonyl (C=O) groups is 3. The second kappa shape index (κ2) is 8.88. The summed E-state index contributed by atoms with van der Waals surface area (Å²) in [6.45, 7) is 1.07. The van der Waals surface area contributed by atoms with Crippen LogP contribution in [-0.2, 0) is 11.3 Å². The lowest BCUT2D eigenvalue weighted by Gasteiger charge is -2.39. The quantitative estimate of drug-likeness (QED) is 0.738. The van der Waals surface area contributed by atoms with Crippen LogP contribution in [0, 0.1) is 0 Å². The van der Waals surface area contributed by atoms with Gasteiger partial charge in [0.1, 0.15) is 6.04 Å². The number of hydrogen-bond donors (Lipinski definition) is 3. The molecule has 3 N–H and O–H groups in total. The van der Waals surface area contributed by atoms with Gasteiger partial charge in [-0.05, 0) is 43.4 Å². The number of aromatic carboxylic acids is 1. The SMILES string of the molecule is O=C(NCc1ccc(C(=O)O)cc1)NC1CCCN(C2CCCCC2)C1=O. The van der Waals surface area contributed by atoms with Crippen LogP contribution in [0.2, 0.25) is 0 Å². The second-order valence-electron chi connectivity index (χ2n) is 7.35. The summed E-state index contributed by atoms with van der Waals surface area (Å²) < 4.78 is 0. The van der Waals surface area contributed by atoms with E-state index in [9.17, 15) is 14.4 Å². The normalized spacial score (nSPS) is 21.0. The van der Waals surface area contributed by atoms with E-state index in [-0.39, 0.29) is 24.0 Å². The Morgan fingerprint density at radius 3 is 2.41 bits per heavy atom. The van der Waals surface area contributed by atoms with E-state index in [0.717, 1.165) is 31.4 Å². The Morgan fingerprint density at radius 1 is 1.04 bits per heavy atom. The molecule has 2 aliphatic rings. The Morgan fingerprint density at radius 2 is 1.74 bits per heavy atom. The number of carbonyl (C=O) groups excluding carboxylic acids is 2. The number of carboxylic acid groups (broad SMARTS) is 1. The smallest absolute Gasteiger partial charge is 0.335 e. The molecule has 1 aliphatic heterocycles. The summed E-state index contributed by atoms with van der Waals surface area (Å²) in [6.07, 6.45) is 7.30. The molecule has 3 amide bonds. The first-order valence-electron chi connectivity index (χ1n) is 9.71. The van der Waals surface area contributed by atoms with Crippen molar-refractivity contribution < 1.29 is 19.5 Å². The highest BCUT2D eigenvalue weighted by Gasteiger charge is 2.34. The molecule has 27 heavy (non-hydrogen) atoms. The number of benzene rings is 1. The molecule has 1 aromatic carbocycles. The Hall–Kier alpha value is -2.57. The van der Waals surface area contributed by atoms with Crippen LogP contribution in [0.15, 0.2) is 24.3 Å². The van der Waals surface area contributed by atoms with Gasteiger partial charge < -0.3 is 20.6 Å². The first kappa shape index (κ1) is 19.2. The van der Waals surface area contributed by atoms with Gasteiger partial charge in [0.25, 0.3) is 0 Å². The summed E-state index contributed by atoms with van der Waals surface area (Å²) >= 11 is 0. The van der Waals surface area contributed by atoms with Crippen LogP contribution in [0.3, 0.4) is 0 Å². The van der Waals surface area contributed by atoms with Gasteiger partial charge in [0.05, 0.1) is 5.56 Å². The number of piperidine rings is 1. The van der Waals surface area contributed by atoms with Gasteiger partial charge >= 0.3 is 12.0 Å². The highest BCUT2D eigenvalue weighted by Crippen LogP contribution is 2.26. The summed E-state index contributed by atoms with van der Waals surface area (Å²) in [7, 11) is 0. The lowest BCUT2D eigenvalue weighted by Crippen LogP contribution is -2.56. The third-order valence-electron chi connectivity index (χ3n) is 5.45. The first-order valence-corrected chi connectivity index (χ1v) is 9.71. The molecule has 1 saturated heterocycles. The number of rotatable bonds is 5. The Bertz CT molecular complexity index is 683. The fourth-order valence-electron chi connectivity index (χ4n) is 3.95. The first-order chi connectivity index (χ1) is 13.0. The highest BCUT2D eigenvalue weighted by molar-refractivity contribution is 5.88. The number of nitrogens with zero attached hydrogens (tertiary/aromatic N) is 1. The minimum atomic E-state index is -0.981. The maximum absolute atomic E-state index is 12.8. The maximum Gasteiger partial charge on any atom is 0.335 e. The van der Waals surface area contributed by atoms with Gasteiger partial charge in [-0.1, -0.05) is 31.4 Å². The molecule has 1 aliphatic carbocycles. The van der Waals surface area contributed by atoms with Gasteiger partial charge in [0.2, 0.25) is 5.91 Å². The molecule has 146 valence electrons. The zero-order valence-corrected chi connectivity index (χ0v) is 15.4. The number of amides is 3. The number of urea groups is 1. The van der Waals surface area contributed by atoms with Gasteiger partial charge in [-0.15, -0.1) is 0 Å². The molecule has 1 aromatic rings. The van der Waals surface area contributed by atoms with Crippen LogP contribution in [0.4, 0.5) is 4.79 Å². The molecule has 0 radical (unpaired) electrons. The number of hydrogen-bond acceptors (Lipinski definition) is 3. The fourth-order valence-corrected chi connectivity index (χ4v) is 3.95. The Balaban J connectivity index is 1.49. The van der Waals surface area contributed by atoms with E-state index in [1.165, 1.54) is 31.4 Å². The van der Waals surface area contributed by atoms with Crippen molar-refractivity contribution in [1.82, 2.24) is 15.5 Å². The lowest BCUT2D eigenvalue weighted by atomic mass is 9.91. The van der Waals surface area contributed by atoms with E-state index >= 15 is 0 Å². The maximum atomic E-state index is 12.8. The van der Waals surface area contributed by atoms with Gasteiger partial charge in [0.15, 0.2) is 0 Å². The predicted octanol–water partition coefficient (Wildman–Crippen LogP) is 2.51. The summed E-state index contributed by atoms with van der Waals surface area (Å²) in [5, 5.41) is 14.4. The van der Waals surface area contributed by atoms with Crippen molar-refractivity contribution in [3.63, 3.8) is 0 Å². The van der Waals surface area contributed by atoms with Crippen molar-refractivity contribution in [2.24, 2.45) is 0 Å². The van der Waals surface area contributed by atoms with E-state index in [2.05, 4.69) is 10.6 Å². The van der Waals surface area contributed by atoms with E-state index in [1.54, 1.807) is 12.1 Å². The van der Waals surface area contributed by atoms with Crippen LogP contribution >= 0.6 is 0 Å². The van der Waals surface area contributed by atoms with Crippen molar-refractivity contribution in [3.8, 4) is 0 Å². The van der Waals surface area contributed by atoms with E-state index in [1.807, 2.05) is 4.90 Å². The third kappa shape index (κ3) is 4.99. The lowest BCUT2D eigenvalue weighted by molar-refractivity contribution is -0.138.